The Morgan fingerprint density at radius 1 is 1.12 bits per heavy atom. The molecule has 1 fully saturated rings. The fourth-order valence-electron chi connectivity index (χ4n) is 2.81. The molecule has 1 aromatic carbocycles. The molecule has 1 heteroatoms. The van der Waals surface area contributed by atoms with Gasteiger partial charge in [-0.15, -0.1) is 0 Å². The van der Waals surface area contributed by atoms with E-state index >= 15 is 0 Å². The molecule has 0 N–H and O–H groups in total. The molecule has 1 aromatic rings. The van der Waals surface area contributed by atoms with Crippen LogP contribution in [0.15, 0.2) is 12.1 Å². The third-order valence-corrected chi connectivity index (χ3v) is 4.29. The predicted molar refractivity (Wildman–Crippen MR) is 70.1 cm³/mol. The van der Waals surface area contributed by atoms with E-state index in [4.69, 9.17) is 0 Å². The standard InChI is InChI=1S/C15H23N/c1-11-8-14(9-12(2)13(11)3)15(4)6-7-16(5)10-15/h8-9H,6-7,10H2,1-5H3. The molecule has 0 saturated carbocycles. The number of rotatable bonds is 1. The van der Waals surface area contributed by atoms with Crippen molar-refractivity contribution >= 4 is 0 Å². The van der Waals surface area contributed by atoms with Crippen molar-refractivity contribution in [2.75, 3.05) is 20.1 Å². The molecule has 0 bridgehead atoms. The van der Waals surface area contributed by atoms with Crippen LogP contribution in [0.3, 0.4) is 0 Å². The number of likely N-dealkylation sites (tertiary alicyclic amines) is 1. The second-order valence-corrected chi connectivity index (χ2v) is 5.78. The van der Waals surface area contributed by atoms with E-state index in [9.17, 15) is 0 Å². The van der Waals surface area contributed by atoms with Crippen molar-refractivity contribution in [2.24, 2.45) is 0 Å². The molecule has 2 rings (SSSR count). The van der Waals surface area contributed by atoms with Crippen molar-refractivity contribution in [1.29, 1.82) is 0 Å². The SMILES string of the molecule is Cc1cc(C2(C)CCN(C)C2)cc(C)c1C. The van der Waals surface area contributed by atoms with E-state index in [1.165, 1.54) is 41.8 Å². The van der Waals surface area contributed by atoms with Crippen LogP contribution in [0, 0.1) is 20.8 Å². The molecule has 0 spiro atoms. The minimum Gasteiger partial charge on any atom is -0.305 e. The van der Waals surface area contributed by atoms with Crippen LogP contribution in [-0.4, -0.2) is 25.0 Å². The Morgan fingerprint density at radius 2 is 1.69 bits per heavy atom. The minimum atomic E-state index is 0.359. The maximum Gasteiger partial charge on any atom is 0.00734 e. The summed E-state index contributed by atoms with van der Waals surface area (Å²) in [6.45, 7) is 11.5. The van der Waals surface area contributed by atoms with Gasteiger partial charge in [0.1, 0.15) is 0 Å². The fourth-order valence-corrected chi connectivity index (χ4v) is 2.81. The molecule has 1 saturated heterocycles. The number of likely N-dealkylation sites (N-methyl/N-ethyl adjacent to an activating group) is 1. The zero-order valence-electron chi connectivity index (χ0n) is 11.2. The number of hydrogen-bond donors (Lipinski definition) is 0. The summed E-state index contributed by atoms with van der Waals surface area (Å²) in [6, 6.07) is 4.78. The summed E-state index contributed by atoms with van der Waals surface area (Å²) in [5.41, 5.74) is 6.20. The second kappa shape index (κ2) is 3.89. The van der Waals surface area contributed by atoms with Gasteiger partial charge in [0, 0.05) is 12.0 Å². The first kappa shape index (κ1) is 11.7. The van der Waals surface area contributed by atoms with Crippen LogP contribution >= 0.6 is 0 Å². The molecule has 1 nitrogen and oxygen atoms in total. The Bertz CT molecular complexity index is 385. The lowest BCUT2D eigenvalue weighted by molar-refractivity contribution is 0.381. The molecule has 1 heterocycles. The van der Waals surface area contributed by atoms with Gasteiger partial charge in [-0.1, -0.05) is 19.1 Å². The highest BCUT2D eigenvalue weighted by molar-refractivity contribution is 5.40. The van der Waals surface area contributed by atoms with Gasteiger partial charge in [-0.3, -0.25) is 0 Å². The first-order valence-corrected chi connectivity index (χ1v) is 6.19. The van der Waals surface area contributed by atoms with E-state index in [1.54, 1.807) is 0 Å². The molecule has 0 aromatic heterocycles. The lowest BCUT2D eigenvalue weighted by Gasteiger charge is -2.26. The number of nitrogens with zero attached hydrogens (tertiary/aromatic N) is 1. The van der Waals surface area contributed by atoms with Crippen LogP contribution in [0.2, 0.25) is 0 Å². The van der Waals surface area contributed by atoms with Crippen LogP contribution in [0.1, 0.15) is 35.6 Å². The average Bonchev–Trinajstić information content (AvgIpc) is 2.56. The maximum atomic E-state index is 2.44. The monoisotopic (exact) mass is 217 g/mol. The van der Waals surface area contributed by atoms with Gasteiger partial charge in [-0.05, 0) is 63.0 Å². The van der Waals surface area contributed by atoms with E-state index in [2.05, 4.69) is 51.8 Å². The molecule has 0 amide bonds. The lowest BCUT2D eigenvalue weighted by atomic mass is 9.80. The van der Waals surface area contributed by atoms with Gasteiger partial charge in [-0.25, -0.2) is 0 Å². The number of aryl methyl sites for hydroxylation is 2. The van der Waals surface area contributed by atoms with E-state index in [0.29, 0.717) is 5.41 Å². The maximum absolute atomic E-state index is 2.44. The number of benzene rings is 1. The molecule has 0 radical (unpaired) electrons. The summed E-state index contributed by atoms with van der Waals surface area (Å²) >= 11 is 0. The van der Waals surface area contributed by atoms with Crippen LogP contribution in [0.5, 0.6) is 0 Å². The van der Waals surface area contributed by atoms with Gasteiger partial charge < -0.3 is 4.90 Å². The lowest BCUT2D eigenvalue weighted by Crippen LogP contribution is -2.26. The minimum absolute atomic E-state index is 0.359. The Labute approximate surface area is 99.5 Å². The van der Waals surface area contributed by atoms with Gasteiger partial charge in [0.25, 0.3) is 0 Å². The largest absolute Gasteiger partial charge is 0.305 e. The Kier molecular flexibility index (Phi) is 2.83. The first-order valence-electron chi connectivity index (χ1n) is 6.19. The summed E-state index contributed by atoms with van der Waals surface area (Å²) in [5, 5.41) is 0. The molecule has 1 aliphatic rings. The predicted octanol–water partition coefficient (Wildman–Crippen LogP) is 3.21. The topological polar surface area (TPSA) is 3.24 Å². The van der Waals surface area contributed by atoms with Crippen molar-refractivity contribution in [3.63, 3.8) is 0 Å². The molecule has 1 aliphatic heterocycles. The highest BCUT2D eigenvalue weighted by Crippen LogP contribution is 2.35. The molecular weight excluding hydrogens is 194 g/mol. The van der Waals surface area contributed by atoms with Crippen LogP contribution in [0.25, 0.3) is 0 Å². The quantitative estimate of drug-likeness (QED) is 0.698. The van der Waals surface area contributed by atoms with Gasteiger partial charge >= 0.3 is 0 Å². The van der Waals surface area contributed by atoms with Crippen molar-refractivity contribution in [3.05, 3.63) is 34.4 Å². The van der Waals surface area contributed by atoms with Gasteiger partial charge in [0.05, 0.1) is 0 Å². The van der Waals surface area contributed by atoms with Gasteiger partial charge in [0.15, 0.2) is 0 Å². The van der Waals surface area contributed by atoms with E-state index in [1.807, 2.05) is 0 Å². The van der Waals surface area contributed by atoms with Crippen molar-refractivity contribution in [2.45, 2.75) is 39.5 Å². The Hall–Kier alpha value is -0.820. The van der Waals surface area contributed by atoms with Crippen molar-refractivity contribution < 1.29 is 0 Å². The van der Waals surface area contributed by atoms with Crippen molar-refractivity contribution in [3.8, 4) is 0 Å². The number of hydrogen-bond acceptors (Lipinski definition) is 1. The van der Waals surface area contributed by atoms with Gasteiger partial charge in [-0.2, -0.15) is 0 Å². The Balaban J connectivity index is 2.41. The highest BCUT2D eigenvalue weighted by atomic mass is 15.1. The zero-order valence-corrected chi connectivity index (χ0v) is 11.2. The summed E-state index contributed by atoms with van der Waals surface area (Å²) in [6.07, 6.45) is 1.28. The van der Waals surface area contributed by atoms with E-state index in [0.717, 1.165) is 0 Å². The Morgan fingerprint density at radius 3 is 2.12 bits per heavy atom. The molecule has 0 aliphatic carbocycles. The van der Waals surface area contributed by atoms with Crippen LogP contribution < -0.4 is 0 Å². The molecule has 1 atom stereocenters. The first-order chi connectivity index (χ1) is 7.42. The third kappa shape index (κ3) is 1.89. The summed E-state index contributed by atoms with van der Waals surface area (Å²) in [4.78, 5) is 2.44. The molecule has 1 unspecified atom stereocenters. The molecule has 88 valence electrons. The highest BCUT2D eigenvalue weighted by Gasteiger charge is 2.33. The normalized spacial score (nSPS) is 26.3. The zero-order chi connectivity index (χ0) is 11.9. The molecule has 16 heavy (non-hydrogen) atoms. The van der Waals surface area contributed by atoms with E-state index < -0.39 is 0 Å². The summed E-state index contributed by atoms with van der Waals surface area (Å²) in [7, 11) is 2.22. The third-order valence-electron chi connectivity index (χ3n) is 4.29. The fraction of sp³-hybridized carbons (Fsp3) is 0.600. The second-order valence-electron chi connectivity index (χ2n) is 5.78. The average molecular weight is 217 g/mol. The summed E-state index contributed by atoms with van der Waals surface area (Å²) in [5.74, 6) is 0. The van der Waals surface area contributed by atoms with Gasteiger partial charge in [0.2, 0.25) is 0 Å². The van der Waals surface area contributed by atoms with E-state index in [-0.39, 0.29) is 0 Å². The smallest absolute Gasteiger partial charge is 0.00734 e. The van der Waals surface area contributed by atoms with Crippen molar-refractivity contribution in [1.82, 2.24) is 4.90 Å². The van der Waals surface area contributed by atoms with Crippen LogP contribution in [0.4, 0.5) is 0 Å². The molecular formula is C15H23N. The van der Waals surface area contributed by atoms with Crippen LogP contribution in [-0.2, 0) is 5.41 Å². The summed E-state index contributed by atoms with van der Waals surface area (Å²) < 4.78 is 0.